The third kappa shape index (κ3) is 5.66. The fourth-order valence-corrected chi connectivity index (χ4v) is 4.75. The van der Waals surface area contributed by atoms with E-state index in [1.54, 1.807) is 62.8 Å². The molecule has 36 heavy (non-hydrogen) atoms. The van der Waals surface area contributed by atoms with Gasteiger partial charge in [-0.25, -0.2) is 4.98 Å². The van der Waals surface area contributed by atoms with Gasteiger partial charge in [0.05, 0.1) is 31.2 Å². The molecule has 0 amide bonds. The number of carbonyl (C=O) groups excluding carboxylic acids is 1. The number of methoxy groups -OCH3 is 2. The fraction of sp³-hybridized carbons (Fsp3) is 0.107. The monoisotopic (exact) mass is 534 g/mol. The van der Waals surface area contributed by atoms with Gasteiger partial charge in [0.1, 0.15) is 22.6 Å². The van der Waals surface area contributed by atoms with Crippen LogP contribution < -0.4 is 9.47 Å². The van der Waals surface area contributed by atoms with E-state index in [0.717, 1.165) is 5.56 Å². The standard InChI is InChI=1S/C28H20Cl2N2O3S/c1-34-21-11-12-27(35-2)23(13-21)25-14-22(17-3-7-19(29)8-4-17)24(15-31)28(32-25)36-16-26(33)18-5-9-20(30)10-6-18/h3-14H,16H2,1-2H3. The molecule has 0 radical (unpaired) electrons. The predicted molar refractivity (Wildman–Crippen MR) is 144 cm³/mol. The van der Waals surface area contributed by atoms with Gasteiger partial charge in [0, 0.05) is 26.7 Å². The van der Waals surface area contributed by atoms with Crippen molar-refractivity contribution < 1.29 is 14.3 Å². The molecule has 0 aliphatic carbocycles. The van der Waals surface area contributed by atoms with Crippen LogP contribution in [0.1, 0.15) is 15.9 Å². The first-order valence-electron chi connectivity index (χ1n) is 10.8. The first-order valence-corrected chi connectivity index (χ1v) is 12.5. The molecule has 0 aliphatic heterocycles. The number of aromatic nitrogens is 1. The molecule has 0 bridgehead atoms. The molecule has 5 nitrogen and oxygen atoms in total. The van der Waals surface area contributed by atoms with Crippen molar-refractivity contribution in [3.05, 3.63) is 94.0 Å². The molecule has 4 aromatic rings. The maximum Gasteiger partial charge on any atom is 0.173 e. The summed E-state index contributed by atoms with van der Waals surface area (Å²) in [6.45, 7) is 0. The number of thioether (sulfide) groups is 1. The van der Waals surface area contributed by atoms with E-state index in [0.29, 0.717) is 54.5 Å². The van der Waals surface area contributed by atoms with Gasteiger partial charge in [-0.1, -0.05) is 47.1 Å². The highest BCUT2D eigenvalue weighted by molar-refractivity contribution is 8.00. The molecule has 0 unspecified atom stereocenters. The molecule has 0 saturated carbocycles. The number of carbonyl (C=O) groups is 1. The molecule has 0 N–H and O–H groups in total. The topological polar surface area (TPSA) is 72.2 Å². The summed E-state index contributed by atoms with van der Waals surface area (Å²) in [5.41, 5.74) is 3.65. The summed E-state index contributed by atoms with van der Waals surface area (Å²) >= 11 is 13.3. The second kappa shape index (κ2) is 11.5. The number of rotatable bonds is 8. The largest absolute Gasteiger partial charge is 0.497 e. The minimum atomic E-state index is -0.0974. The molecular weight excluding hydrogens is 515 g/mol. The highest BCUT2D eigenvalue weighted by atomic mass is 35.5. The zero-order valence-electron chi connectivity index (χ0n) is 19.4. The minimum Gasteiger partial charge on any atom is -0.497 e. The van der Waals surface area contributed by atoms with E-state index in [9.17, 15) is 10.1 Å². The van der Waals surface area contributed by atoms with Crippen LogP contribution in [-0.2, 0) is 0 Å². The van der Waals surface area contributed by atoms with Gasteiger partial charge in [-0.15, -0.1) is 0 Å². The van der Waals surface area contributed by atoms with E-state index in [1.807, 2.05) is 24.3 Å². The summed E-state index contributed by atoms with van der Waals surface area (Å²) < 4.78 is 11.0. The smallest absolute Gasteiger partial charge is 0.173 e. The minimum absolute atomic E-state index is 0.0974. The van der Waals surface area contributed by atoms with Crippen molar-refractivity contribution in [2.24, 2.45) is 0 Å². The summed E-state index contributed by atoms with van der Waals surface area (Å²) in [4.78, 5) is 17.6. The van der Waals surface area contributed by atoms with Crippen molar-refractivity contribution in [1.82, 2.24) is 4.98 Å². The summed E-state index contributed by atoms with van der Waals surface area (Å²) in [5.74, 6) is 1.24. The van der Waals surface area contributed by atoms with Gasteiger partial charge >= 0.3 is 0 Å². The third-order valence-corrected chi connectivity index (χ3v) is 6.92. The Morgan fingerprint density at radius 2 is 1.58 bits per heavy atom. The Hall–Kier alpha value is -3.50. The number of pyridine rings is 1. The van der Waals surface area contributed by atoms with Crippen LogP contribution in [0.15, 0.2) is 77.8 Å². The first-order chi connectivity index (χ1) is 17.4. The van der Waals surface area contributed by atoms with Crippen molar-refractivity contribution in [3.8, 4) is 40.0 Å². The lowest BCUT2D eigenvalue weighted by Crippen LogP contribution is -2.04. The molecule has 180 valence electrons. The van der Waals surface area contributed by atoms with Gasteiger partial charge in [-0.2, -0.15) is 5.26 Å². The van der Waals surface area contributed by atoms with Crippen LogP contribution in [0, 0.1) is 11.3 Å². The van der Waals surface area contributed by atoms with Crippen LogP contribution >= 0.6 is 35.0 Å². The number of Topliss-reactive ketones (excluding diaryl/α,β-unsaturated/α-hetero) is 1. The molecule has 1 heterocycles. The van der Waals surface area contributed by atoms with E-state index in [1.165, 1.54) is 11.8 Å². The Labute approximate surface area is 223 Å². The number of ketones is 1. The Bertz CT molecular complexity index is 1450. The van der Waals surface area contributed by atoms with Crippen molar-refractivity contribution in [3.63, 3.8) is 0 Å². The molecule has 0 spiro atoms. The second-order valence-electron chi connectivity index (χ2n) is 7.64. The summed E-state index contributed by atoms with van der Waals surface area (Å²) in [7, 11) is 3.16. The van der Waals surface area contributed by atoms with Gasteiger partial charge in [0.25, 0.3) is 0 Å². The molecule has 8 heteroatoms. The van der Waals surface area contributed by atoms with E-state index in [2.05, 4.69) is 6.07 Å². The van der Waals surface area contributed by atoms with E-state index in [4.69, 9.17) is 37.7 Å². The van der Waals surface area contributed by atoms with Crippen LogP contribution in [0.5, 0.6) is 11.5 Å². The fourth-order valence-electron chi connectivity index (χ4n) is 3.60. The van der Waals surface area contributed by atoms with Gasteiger partial charge in [-0.05, 0) is 66.2 Å². The first kappa shape index (κ1) is 25.6. The van der Waals surface area contributed by atoms with Crippen molar-refractivity contribution in [2.45, 2.75) is 5.03 Å². The molecule has 1 aromatic heterocycles. The molecule has 0 atom stereocenters. The van der Waals surface area contributed by atoms with Crippen LogP contribution in [0.3, 0.4) is 0 Å². The Balaban J connectivity index is 1.83. The number of nitriles is 1. The third-order valence-electron chi connectivity index (χ3n) is 5.44. The molecule has 4 rings (SSSR count). The van der Waals surface area contributed by atoms with Crippen LogP contribution in [0.4, 0.5) is 0 Å². The highest BCUT2D eigenvalue weighted by Gasteiger charge is 2.19. The normalized spacial score (nSPS) is 10.5. The average molecular weight is 535 g/mol. The lowest BCUT2D eigenvalue weighted by atomic mass is 9.99. The van der Waals surface area contributed by atoms with Gasteiger partial charge in [-0.3, -0.25) is 4.79 Å². The Kier molecular flexibility index (Phi) is 8.17. The lowest BCUT2D eigenvalue weighted by molar-refractivity contribution is 0.102. The van der Waals surface area contributed by atoms with E-state index in [-0.39, 0.29) is 11.5 Å². The number of hydrogen-bond acceptors (Lipinski definition) is 6. The van der Waals surface area contributed by atoms with Gasteiger partial charge < -0.3 is 9.47 Å². The average Bonchev–Trinajstić information content (AvgIpc) is 2.91. The molecule has 0 fully saturated rings. The van der Waals surface area contributed by atoms with Gasteiger partial charge in [0.2, 0.25) is 0 Å². The van der Waals surface area contributed by atoms with Crippen molar-refractivity contribution in [2.75, 3.05) is 20.0 Å². The molecule has 0 saturated heterocycles. The Morgan fingerprint density at radius 1 is 0.917 bits per heavy atom. The molecule has 3 aromatic carbocycles. The Morgan fingerprint density at radius 3 is 2.19 bits per heavy atom. The zero-order valence-corrected chi connectivity index (χ0v) is 21.7. The number of nitrogens with zero attached hydrogens (tertiary/aromatic N) is 2. The highest BCUT2D eigenvalue weighted by Crippen LogP contribution is 2.38. The lowest BCUT2D eigenvalue weighted by Gasteiger charge is -2.15. The quantitative estimate of drug-likeness (QED) is 0.171. The maximum atomic E-state index is 12.8. The molecular formula is C28H20Cl2N2O3S. The maximum absolute atomic E-state index is 12.8. The van der Waals surface area contributed by atoms with E-state index >= 15 is 0 Å². The van der Waals surface area contributed by atoms with E-state index < -0.39 is 0 Å². The summed E-state index contributed by atoms with van der Waals surface area (Å²) in [5, 5.41) is 11.7. The van der Waals surface area contributed by atoms with Crippen molar-refractivity contribution >= 4 is 40.7 Å². The number of hydrogen-bond donors (Lipinski definition) is 0. The molecule has 0 aliphatic rings. The predicted octanol–water partition coefficient (Wildman–Crippen LogP) is 7.59. The van der Waals surface area contributed by atoms with Crippen LogP contribution in [0.25, 0.3) is 22.4 Å². The number of ether oxygens (including phenoxy) is 2. The van der Waals surface area contributed by atoms with Gasteiger partial charge in [0.15, 0.2) is 5.78 Å². The zero-order chi connectivity index (χ0) is 25.7. The second-order valence-corrected chi connectivity index (χ2v) is 9.48. The summed E-state index contributed by atoms with van der Waals surface area (Å²) in [6, 6.07) is 23.5. The van der Waals surface area contributed by atoms with Crippen LogP contribution in [0.2, 0.25) is 10.0 Å². The number of benzene rings is 3. The van der Waals surface area contributed by atoms with Crippen LogP contribution in [-0.4, -0.2) is 30.7 Å². The SMILES string of the molecule is COc1ccc(OC)c(-c2cc(-c3ccc(Cl)cc3)c(C#N)c(SCC(=O)c3ccc(Cl)cc3)n2)c1. The van der Waals surface area contributed by atoms with Crippen molar-refractivity contribution in [1.29, 1.82) is 5.26 Å². The summed E-state index contributed by atoms with van der Waals surface area (Å²) in [6.07, 6.45) is 0. The number of halogens is 2.